The number of carboxylic acids is 1. The molecule has 0 aromatic rings. The topological polar surface area (TPSA) is 37.3 Å². The summed E-state index contributed by atoms with van der Waals surface area (Å²) >= 11 is 0. The third-order valence-electron chi connectivity index (χ3n) is 0.523. The van der Waals surface area contributed by atoms with Crippen LogP contribution >= 0.6 is 0 Å². The van der Waals surface area contributed by atoms with Crippen molar-refractivity contribution in [2.75, 3.05) is 0 Å². The largest absolute Gasteiger partial charge is 0.481 e. The smallest absolute Gasteiger partial charge is 0.303 e. The van der Waals surface area contributed by atoms with Gasteiger partial charge >= 0.3 is 5.97 Å². The van der Waals surface area contributed by atoms with Crippen molar-refractivity contribution in [2.45, 2.75) is 26.1 Å². The van der Waals surface area contributed by atoms with E-state index in [1.807, 2.05) is 0 Å². The van der Waals surface area contributed by atoms with Gasteiger partial charge in [0.1, 0.15) is 0 Å². The van der Waals surface area contributed by atoms with Crippen molar-refractivity contribution in [2.24, 2.45) is 0 Å². The lowest BCUT2D eigenvalue weighted by Crippen LogP contribution is -1.91. The van der Waals surface area contributed by atoms with E-state index in [1.165, 1.54) is 0 Å². The standard InChI is InChI=1S/C5H10O2/c1-2-3-4-5(6)7/h2-4H2,1H3,(H,6,7)/i1D,4D. The van der Waals surface area contributed by atoms with Crippen LogP contribution in [0.15, 0.2) is 0 Å². The van der Waals surface area contributed by atoms with Gasteiger partial charge in [-0.25, -0.2) is 0 Å². The van der Waals surface area contributed by atoms with Crippen LogP contribution < -0.4 is 0 Å². The van der Waals surface area contributed by atoms with E-state index >= 15 is 0 Å². The summed E-state index contributed by atoms with van der Waals surface area (Å²) in [6.07, 6.45) is -0.241. The van der Waals surface area contributed by atoms with Gasteiger partial charge in [-0.3, -0.25) is 4.79 Å². The molecule has 1 atom stereocenters. The molecule has 1 unspecified atom stereocenters. The van der Waals surface area contributed by atoms with Crippen molar-refractivity contribution < 1.29 is 12.6 Å². The normalized spacial score (nSPS) is 17.1. The summed E-state index contributed by atoms with van der Waals surface area (Å²) in [7, 11) is 0. The van der Waals surface area contributed by atoms with Crippen molar-refractivity contribution in [1.82, 2.24) is 0 Å². The molecule has 0 radical (unpaired) electrons. The predicted octanol–water partition coefficient (Wildman–Crippen LogP) is 1.26. The Balaban J connectivity index is 3.27. The highest BCUT2D eigenvalue weighted by Crippen LogP contribution is 1.91. The molecule has 0 aliphatic heterocycles. The second-order valence-corrected chi connectivity index (χ2v) is 1.18. The van der Waals surface area contributed by atoms with Crippen LogP contribution in [0.25, 0.3) is 0 Å². The van der Waals surface area contributed by atoms with Gasteiger partial charge < -0.3 is 5.11 Å². The zero-order valence-electron chi connectivity index (χ0n) is 6.05. The second-order valence-electron chi connectivity index (χ2n) is 1.18. The Morgan fingerprint density at radius 3 is 3.29 bits per heavy atom. The molecule has 2 heteroatoms. The van der Waals surface area contributed by atoms with Gasteiger partial charge in [-0.1, -0.05) is 13.3 Å². The van der Waals surface area contributed by atoms with Gasteiger partial charge in [0.2, 0.25) is 0 Å². The quantitative estimate of drug-likeness (QED) is 0.585. The minimum Gasteiger partial charge on any atom is -0.481 e. The zero-order chi connectivity index (χ0) is 7.28. The van der Waals surface area contributed by atoms with Crippen molar-refractivity contribution in [1.29, 1.82) is 0 Å². The first-order valence-corrected chi connectivity index (χ1v) is 2.12. The Hall–Kier alpha value is -0.530. The molecule has 0 saturated heterocycles. The molecule has 0 aliphatic carbocycles. The summed E-state index contributed by atoms with van der Waals surface area (Å²) in [4.78, 5) is 9.96. The third-order valence-corrected chi connectivity index (χ3v) is 0.523. The van der Waals surface area contributed by atoms with Crippen LogP contribution in [-0.4, -0.2) is 11.1 Å². The molecule has 0 aromatic heterocycles. The summed E-state index contributed by atoms with van der Waals surface area (Å²) in [5.74, 6) is -1.09. The van der Waals surface area contributed by atoms with E-state index in [9.17, 15) is 4.79 Å². The van der Waals surface area contributed by atoms with E-state index < -0.39 is 12.4 Å². The van der Waals surface area contributed by atoms with Gasteiger partial charge in [0, 0.05) is 9.14 Å². The highest BCUT2D eigenvalue weighted by molar-refractivity contribution is 5.66. The second kappa shape index (κ2) is 3.65. The van der Waals surface area contributed by atoms with Crippen LogP contribution in [0, 0.1) is 0 Å². The first-order chi connectivity index (χ1) is 4.18. The Bertz CT molecular complexity index is 95.0. The molecule has 0 spiro atoms. The summed E-state index contributed by atoms with van der Waals surface area (Å²) in [5, 5.41) is 8.16. The fourth-order valence-corrected chi connectivity index (χ4v) is 0.226. The van der Waals surface area contributed by atoms with Gasteiger partial charge in [-0.2, -0.15) is 0 Å². The monoisotopic (exact) mass is 104 g/mol. The predicted molar refractivity (Wildman–Crippen MR) is 27.2 cm³/mol. The van der Waals surface area contributed by atoms with Crippen molar-refractivity contribution in [3.05, 3.63) is 0 Å². The van der Waals surface area contributed by atoms with Crippen LogP contribution in [0.4, 0.5) is 0 Å². The highest BCUT2D eigenvalue weighted by atomic mass is 16.4. The van der Waals surface area contributed by atoms with E-state index in [4.69, 9.17) is 7.85 Å². The number of carboxylic acid groups (broad SMARTS) is 1. The van der Waals surface area contributed by atoms with Crippen LogP contribution in [0.1, 0.15) is 28.9 Å². The Morgan fingerprint density at radius 1 is 2.14 bits per heavy atom. The maximum atomic E-state index is 9.96. The summed E-state index contributed by atoms with van der Waals surface area (Å²) in [6, 6.07) is 0. The van der Waals surface area contributed by atoms with Crippen molar-refractivity contribution in [3.63, 3.8) is 0 Å². The third kappa shape index (κ3) is 5.47. The van der Waals surface area contributed by atoms with E-state index in [1.54, 1.807) is 0 Å². The molecule has 0 heterocycles. The number of aliphatic carboxylic acids is 1. The number of hydrogen-bond acceptors (Lipinski definition) is 1. The minimum absolute atomic E-state index is 0.211. The first-order valence-electron chi connectivity index (χ1n) is 3.41. The van der Waals surface area contributed by atoms with Gasteiger partial charge in [0.05, 0.1) is 0 Å². The fourth-order valence-electron chi connectivity index (χ4n) is 0.226. The van der Waals surface area contributed by atoms with Gasteiger partial charge in [0.15, 0.2) is 0 Å². The first kappa shape index (κ1) is 3.47. The van der Waals surface area contributed by atoms with Gasteiger partial charge in [0.25, 0.3) is 0 Å². The SMILES string of the molecule is [2H]CCCC([2H])C(=O)O. The minimum atomic E-state index is -1.09. The summed E-state index contributed by atoms with van der Waals surface area (Å²) < 4.78 is 13.5. The number of carbonyl (C=O) groups is 1. The van der Waals surface area contributed by atoms with E-state index in [0.717, 1.165) is 0 Å². The fraction of sp³-hybridized carbons (Fsp3) is 0.800. The van der Waals surface area contributed by atoms with Crippen LogP contribution in [-0.2, 0) is 4.79 Å². The Kier molecular flexibility index (Phi) is 1.81. The lowest BCUT2D eigenvalue weighted by atomic mass is 10.3. The number of rotatable bonds is 3. The molecule has 0 bridgehead atoms. The Morgan fingerprint density at radius 2 is 2.86 bits per heavy atom. The zero-order valence-corrected chi connectivity index (χ0v) is 4.05. The average Bonchev–Trinajstić information content (AvgIpc) is 1.82. The molecule has 0 rings (SSSR count). The van der Waals surface area contributed by atoms with Crippen molar-refractivity contribution in [3.8, 4) is 0 Å². The molecule has 0 fully saturated rings. The molecule has 0 aliphatic rings. The molecule has 0 saturated carbocycles. The summed E-state index contributed by atoms with van der Waals surface area (Å²) in [6.45, 7) is 0.211. The van der Waals surface area contributed by atoms with Gasteiger partial charge in [-0.05, 0) is 6.42 Å². The number of hydrogen-bond donors (Lipinski definition) is 1. The average molecular weight is 104 g/mol. The molecule has 0 amide bonds. The van der Waals surface area contributed by atoms with Crippen LogP contribution in [0.2, 0.25) is 0 Å². The van der Waals surface area contributed by atoms with Crippen molar-refractivity contribution >= 4 is 5.97 Å². The molecule has 42 valence electrons. The van der Waals surface area contributed by atoms with Crippen LogP contribution in [0.3, 0.4) is 0 Å². The van der Waals surface area contributed by atoms with E-state index in [-0.39, 0.29) is 6.90 Å². The molecular formula is C5H10O2. The molecule has 2 nitrogen and oxygen atoms in total. The lowest BCUT2D eigenvalue weighted by molar-refractivity contribution is -0.137. The molecule has 1 N–H and O–H groups in total. The van der Waals surface area contributed by atoms with E-state index in [2.05, 4.69) is 0 Å². The molecular weight excluding hydrogens is 92.1 g/mol. The molecule has 0 aromatic carbocycles. The molecule has 7 heavy (non-hydrogen) atoms. The highest BCUT2D eigenvalue weighted by Gasteiger charge is 1.90. The Labute approximate surface area is 46.0 Å². The van der Waals surface area contributed by atoms with Crippen LogP contribution in [0.5, 0.6) is 0 Å². The maximum Gasteiger partial charge on any atom is 0.303 e. The lowest BCUT2D eigenvalue weighted by Gasteiger charge is -1.85. The maximum absolute atomic E-state index is 9.96. The van der Waals surface area contributed by atoms with E-state index in [0.29, 0.717) is 12.8 Å². The van der Waals surface area contributed by atoms with Gasteiger partial charge in [-0.15, -0.1) is 0 Å². The summed E-state index contributed by atoms with van der Waals surface area (Å²) in [5.41, 5.74) is 0.